The van der Waals surface area contributed by atoms with E-state index in [9.17, 15) is 9.90 Å². The number of hydrogen-bond acceptors (Lipinski definition) is 5. The van der Waals surface area contributed by atoms with E-state index in [2.05, 4.69) is 36.2 Å². The van der Waals surface area contributed by atoms with Crippen molar-refractivity contribution in [3.05, 3.63) is 77.0 Å². The maximum Gasteiger partial charge on any atom is 0.162 e. The number of rotatable bonds is 9. The van der Waals surface area contributed by atoms with Gasteiger partial charge in [0.2, 0.25) is 0 Å². The molecule has 0 amide bonds. The number of fused-ring (bicyclic) bond motifs is 5. The molecular formula is C38H46IrNO3S-. The van der Waals surface area contributed by atoms with Crippen molar-refractivity contribution >= 4 is 49.1 Å². The van der Waals surface area contributed by atoms with Crippen LogP contribution >= 0.6 is 11.3 Å². The van der Waals surface area contributed by atoms with Gasteiger partial charge in [0.05, 0.1) is 16.0 Å². The predicted molar refractivity (Wildman–Crippen MR) is 183 cm³/mol. The molecule has 0 aliphatic rings. The second-order valence-electron chi connectivity index (χ2n) is 12.2. The van der Waals surface area contributed by atoms with Crippen LogP contribution in [-0.4, -0.2) is 15.9 Å². The van der Waals surface area contributed by atoms with Gasteiger partial charge in [0.25, 0.3) is 0 Å². The molecule has 0 aliphatic carbocycles. The summed E-state index contributed by atoms with van der Waals surface area (Å²) in [7, 11) is 0. The van der Waals surface area contributed by atoms with Crippen LogP contribution in [0.15, 0.2) is 64.9 Å². The number of carbonyl (C=O) groups excluding carboxylic acids is 1. The Hall–Kier alpha value is -2.79. The largest absolute Gasteiger partial charge is 0.512 e. The van der Waals surface area contributed by atoms with Crippen molar-refractivity contribution in [2.75, 3.05) is 0 Å². The number of benzene rings is 2. The zero-order valence-electron chi connectivity index (χ0n) is 29.1. The number of hydrogen-bond donors (Lipinski definition) is 1. The molecule has 6 heteroatoms. The second kappa shape index (κ2) is 15.5. The smallest absolute Gasteiger partial charge is 0.162 e. The molecule has 1 N–H and O–H groups in total. The minimum Gasteiger partial charge on any atom is -0.512 e. The van der Waals surface area contributed by atoms with E-state index in [1.807, 2.05) is 66.7 Å². The van der Waals surface area contributed by atoms with Gasteiger partial charge in [-0.25, -0.2) is 0 Å². The number of furan rings is 1. The van der Waals surface area contributed by atoms with Gasteiger partial charge in [0, 0.05) is 57.2 Å². The van der Waals surface area contributed by atoms with E-state index in [0.717, 1.165) is 57.9 Å². The average Bonchev–Trinajstić information content (AvgIpc) is 3.58. The maximum atomic E-state index is 11.7. The molecule has 0 aliphatic heterocycles. The van der Waals surface area contributed by atoms with Crippen LogP contribution in [0.3, 0.4) is 0 Å². The van der Waals surface area contributed by atoms with E-state index in [-0.39, 0.29) is 43.5 Å². The van der Waals surface area contributed by atoms with Gasteiger partial charge in [-0.2, -0.15) is 0 Å². The van der Waals surface area contributed by atoms with Crippen LogP contribution in [0.1, 0.15) is 87.3 Å². The standard InChI is InChI=1S/C25H22NOS.C13H24O2.Ir/c1-15-12-17-8-9-19-18-6-5-7-20(22(18)27-23(19)24(17)28-15)21-13-16(10-11-26-21)14-25(2,3)4;1-5-10(6-2)12(14)9-13(15)11(7-3)8-4;/h5-6,8-13H,14H2,1-4H3;9-11,14H,5-8H2,1-4H3;/q-1;;/b;12-9-;/i14D2;;. The maximum absolute atomic E-state index is 11.7. The SMILES string of the molecule is CCC(CC)C(=O)/C=C(\O)C(CC)CC.[2H]C([2H])(c1ccnc(-c2[c-]ccc3c2oc2c3ccc3cc(C)sc32)c1)C(C)(C)C.[Ir]. The van der Waals surface area contributed by atoms with Gasteiger partial charge in [-0.05, 0) is 67.6 Å². The molecule has 0 atom stereocenters. The van der Waals surface area contributed by atoms with Crippen molar-refractivity contribution < 1.29 is 37.2 Å². The number of pyridine rings is 1. The molecule has 0 spiro atoms. The minimum absolute atomic E-state index is 0. The van der Waals surface area contributed by atoms with Crippen molar-refractivity contribution in [3.63, 3.8) is 0 Å². The van der Waals surface area contributed by atoms with Crippen LogP contribution in [0.2, 0.25) is 0 Å². The van der Waals surface area contributed by atoms with Crippen molar-refractivity contribution in [3.8, 4) is 11.3 Å². The van der Waals surface area contributed by atoms with Crippen LogP contribution in [0.25, 0.3) is 43.3 Å². The summed E-state index contributed by atoms with van der Waals surface area (Å²) in [4.78, 5) is 17.5. The first kappa shape index (κ1) is 32.6. The Bertz CT molecular complexity index is 1820. The number of aliphatic hydroxyl groups is 1. The quantitative estimate of drug-likeness (QED) is 0.0917. The number of thiophene rings is 1. The summed E-state index contributed by atoms with van der Waals surface area (Å²) in [5.41, 5.74) is 3.14. The first-order chi connectivity index (χ1) is 21.3. The first-order valence-electron chi connectivity index (χ1n) is 16.4. The molecule has 3 aromatic heterocycles. The molecule has 3 heterocycles. The third-order valence-electron chi connectivity index (χ3n) is 7.83. The Balaban J connectivity index is 0.000000309. The van der Waals surface area contributed by atoms with Crippen LogP contribution in [0, 0.1) is 30.2 Å². The molecule has 237 valence electrons. The minimum atomic E-state index is -1.49. The summed E-state index contributed by atoms with van der Waals surface area (Å²) in [6.45, 7) is 15.9. The molecule has 0 saturated carbocycles. The molecule has 0 bridgehead atoms. The van der Waals surface area contributed by atoms with E-state index >= 15 is 0 Å². The molecule has 2 aromatic carbocycles. The third-order valence-corrected chi connectivity index (χ3v) is 8.89. The summed E-state index contributed by atoms with van der Waals surface area (Å²) in [6, 6.07) is 17.2. The molecule has 0 saturated heterocycles. The van der Waals surface area contributed by atoms with E-state index in [1.54, 1.807) is 23.6 Å². The number of carbonyl (C=O) groups is 1. The second-order valence-corrected chi connectivity index (χ2v) is 13.5. The van der Waals surface area contributed by atoms with Gasteiger partial charge in [-0.1, -0.05) is 83.2 Å². The van der Waals surface area contributed by atoms with E-state index < -0.39 is 11.8 Å². The summed E-state index contributed by atoms with van der Waals surface area (Å²) >= 11 is 1.74. The van der Waals surface area contributed by atoms with Crippen LogP contribution in [-0.2, 0) is 31.3 Å². The van der Waals surface area contributed by atoms with E-state index in [1.165, 1.54) is 16.3 Å². The Morgan fingerprint density at radius 2 is 1.68 bits per heavy atom. The molecular weight excluding hydrogens is 743 g/mol. The fourth-order valence-corrected chi connectivity index (χ4v) is 6.47. The topological polar surface area (TPSA) is 63.3 Å². The van der Waals surface area contributed by atoms with Gasteiger partial charge in [0.15, 0.2) is 5.78 Å². The molecule has 44 heavy (non-hydrogen) atoms. The zero-order valence-corrected chi connectivity index (χ0v) is 30.3. The zero-order chi connectivity index (χ0) is 33.1. The average molecular weight is 791 g/mol. The number of aromatic nitrogens is 1. The summed E-state index contributed by atoms with van der Waals surface area (Å²) in [6.07, 6.45) is 5.08. The number of nitrogens with zero attached hydrogens (tertiary/aromatic N) is 1. The molecule has 4 nitrogen and oxygen atoms in total. The summed E-state index contributed by atoms with van der Waals surface area (Å²) in [5, 5.41) is 13.1. The van der Waals surface area contributed by atoms with Gasteiger partial charge < -0.3 is 14.5 Å². The van der Waals surface area contributed by atoms with E-state index in [4.69, 9.17) is 7.16 Å². The third kappa shape index (κ3) is 8.27. The van der Waals surface area contributed by atoms with Gasteiger partial charge in [-0.3, -0.25) is 4.79 Å². The Morgan fingerprint density at radius 1 is 1.02 bits per heavy atom. The fraction of sp³-hybridized carbons (Fsp3) is 0.421. The normalized spacial score (nSPS) is 13.2. The van der Waals surface area contributed by atoms with Crippen molar-refractivity contribution in [1.29, 1.82) is 0 Å². The summed E-state index contributed by atoms with van der Waals surface area (Å²) < 4.78 is 24.8. The van der Waals surface area contributed by atoms with Gasteiger partial charge in [0.1, 0.15) is 5.58 Å². The Morgan fingerprint density at radius 3 is 2.32 bits per heavy atom. The monoisotopic (exact) mass is 791 g/mol. The number of allylic oxidation sites excluding steroid dienone is 2. The number of aliphatic hydroxyl groups excluding tert-OH is 1. The number of aryl methyl sites for hydroxylation is 1. The van der Waals surface area contributed by atoms with Gasteiger partial charge >= 0.3 is 0 Å². The van der Waals surface area contributed by atoms with Crippen molar-refractivity contribution in [2.45, 2.75) is 87.4 Å². The Kier molecular flexibility index (Phi) is 11.5. The molecule has 5 rings (SSSR count). The predicted octanol–water partition coefficient (Wildman–Crippen LogP) is 11.4. The molecule has 1 radical (unpaired) electrons. The first-order valence-corrected chi connectivity index (χ1v) is 16.3. The summed E-state index contributed by atoms with van der Waals surface area (Å²) in [5.74, 6) is 0.547. The van der Waals surface area contributed by atoms with E-state index in [0.29, 0.717) is 11.3 Å². The van der Waals surface area contributed by atoms with Crippen LogP contribution in [0.4, 0.5) is 0 Å². The molecule has 5 aromatic rings. The Labute approximate surface area is 283 Å². The fourth-order valence-electron chi connectivity index (χ4n) is 5.47. The van der Waals surface area contributed by atoms with Crippen LogP contribution < -0.4 is 0 Å². The molecule has 0 fully saturated rings. The van der Waals surface area contributed by atoms with Crippen molar-refractivity contribution in [2.24, 2.45) is 17.3 Å². The van der Waals surface area contributed by atoms with Gasteiger partial charge in [-0.15, -0.1) is 29.5 Å². The molecule has 0 unspecified atom stereocenters. The van der Waals surface area contributed by atoms with Crippen molar-refractivity contribution in [1.82, 2.24) is 4.98 Å². The van der Waals surface area contributed by atoms with Crippen LogP contribution in [0.5, 0.6) is 0 Å². The number of ketones is 1.